The predicted octanol–water partition coefficient (Wildman–Crippen LogP) is 1.98. The number of nitrogens with one attached hydrogen (secondary N) is 1. The van der Waals surface area contributed by atoms with Crippen molar-refractivity contribution < 1.29 is 14.3 Å². The lowest BCUT2D eigenvalue weighted by molar-refractivity contribution is -0.147. The van der Waals surface area contributed by atoms with E-state index in [0.717, 1.165) is 17.8 Å². The number of nitrogens with zero attached hydrogens (tertiary/aromatic N) is 3. The summed E-state index contributed by atoms with van der Waals surface area (Å²) in [6.07, 6.45) is 4.74. The first-order chi connectivity index (χ1) is 11.9. The number of thioether (sulfide) groups is 1. The van der Waals surface area contributed by atoms with Crippen LogP contribution in [0.3, 0.4) is 0 Å². The maximum Gasteiger partial charge on any atom is 0.307 e. The van der Waals surface area contributed by atoms with Gasteiger partial charge in [-0.2, -0.15) is 11.8 Å². The van der Waals surface area contributed by atoms with Crippen molar-refractivity contribution in [2.45, 2.75) is 38.3 Å². The highest BCUT2D eigenvalue weighted by Crippen LogP contribution is 2.33. The zero-order chi connectivity index (χ0) is 18.0. The average molecular weight is 362 g/mol. The Labute approximate surface area is 150 Å². The summed E-state index contributed by atoms with van der Waals surface area (Å²) in [6.45, 7) is 3.54. The standard InChI is InChI=1S/C17H22N4O3S/c1-17(2)11(10-14(22)24-17)16(23)18-12(7-9-25-3)15-20-19-13-6-4-5-8-21(13)15/h4-6,8,11-12H,7,9-10H2,1-3H3,(H,18,23). The summed E-state index contributed by atoms with van der Waals surface area (Å²) < 4.78 is 7.15. The van der Waals surface area contributed by atoms with E-state index in [9.17, 15) is 9.59 Å². The summed E-state index contributed by atoms with van der Waals surface area (Å²) in [5.41, 5.74) is -0.0568. The molecule has 0 saturated carbocycles. The Kier molecular flexibility index (Phi) is 4.99. The predicted molar refractivity (Wildman–Crippen MR) is 95.1 cm³/mol. The molecule has 3 heterocycles. The number of fused-ring (bicyclic) bond motifs is 1. The Morgan fingerprint density at radius 1 is 1.48 bits per heavy atom. The fourth-order valence-electron chi connectivity index (χ4n) is 3.10. The molecule has 0 radical (unpaired) electrons. The molecule has 0 aliphatic carbocycles. The average Bonchev–Trinajstić information content (AvgIpc) is 3.11. The molecule has 1 N–H and O–H groups in total. The number of ether oxygens (including phenoxy) is 1. The number of amides is 1. The number of cyclic esters (lactones) is 1. The van der Waals surface area contributed by atoms with Crippen LogP contribution in [0.5, 0.6) is 0 Å². The van der Waals surface area contributed by atoms with Crippen LogP contribution in [0.15, 0.2) is 24.4 Å². The zero-order valence-electron chi connectivity index (χ0n) is 14.6. The SMILES string of the molecule is CSCCC(NC(=O)C1CC(=O)OC1(C)C)c1nnc2ccccn12. The van der Waals surface area contributed by atoms with Gasteiger partial charge in [0.1, 0.15) is 5.60 Å². The van der Waals surface area contributed by atoms with E-state index in [1.165, 1.54) is 0 Å². The minimum Gasteiger partial charge on any atom is -0.459 e. The van der Waals surface area contributed by atoms with E-state index in [1.54, 1.807) is 25.6 Å². The second-order valence-corrected chi connectivity index (χ2v) is 7.65. The van der Waals surface area contributed by atoms with Gasteiger partial charge in [0.15, 0.2) is 11.5 Å². The maximum absolute atomic E-state index is 12.8. The fraction of sp³-hybridized carbons (Fsp3) is 0.529. The quantitative estimate of drug-likeness (QED) is 0.791. The topological polar surface area (TPSA) is 85.6 Å². The molecule has 1 saturated heterocycles. The van der Waals surface area contributed by atoms with E-state index < -0.39 is 11.5 Å². The molecule has 0 aromatic carbocycles. The van der Waals surface area contributed by atoms with Crippen LogP contribution >= 0.6 is 11.8 Å². The van der Waals surface area contributed by atoms with Crippen LogP contribution in [0.2, 0.25) is 0 Å². The molecule has 2 unspecified atom stereocenters. The third-order valence-corrected chi connectivity index (χ3v) is 5.13. The van der Waals surface area contributed by atoms with Crippen molar-refractivity contribution in [3.8, 4) is 0 Å². The molecule has 0 spiro atoms. The zero-order valence-corrected chi connectivity index (χ0v) is 15.4. The molecule has 1 aliphatic rings. The lowest BCUT2D eigenvalue weighted by atomic mass is 9.89. The molecule has 0 bridgehead atoms. The Morgan fingerprint density at radius 3 is 2.96 bits per heavy atom. The number of esters is 1. The number of carbonyl (C=O) groups excluding carboxylic acids is 2. The van der Waals surface area contributed by atoms with Crippen molar-refractivity contribution in [1.82, 2.24) is 19.9 Å². The Hall–Kier alpha value is -2.09. The second-order valence-electron chi connectivity index (χ2n) is 6.66. The van der Waals surface area contributed by atoms with E-state index >= 15 is 0 Å². The van der Waals surface area contributed by atoms with Gasteiger partial charge >= 0.3 is 5.97 Å². The van der Waals surface area contributed by atoms with E-state index in [2.05, 4.69) is 15.5 Å². The van der Waals surface area contributed by atoms with Crippen molar-refractivity contribution in [1.29, 1.82) is 0 Å². The smallest absolute Gasteiger partial charge is 0.307 e. The first-order valence-electron chi connectivity index (χ1n) is 8.23. The minimum atomic E-state index is -0.794. The maximum atomic E-state index is 12.8. The van der Waals surface area contributed by atoms with Crippen LogP contribution in [0.4, 0.5) is 0 Å². The summed E-state index contributed by atoms with van der Waals surface area (Å²) in [7, 11) is 0. The Bertz CT molecular complexity index is 789. The van der Waals surface area contributed by atoms with Gasteiger partial charge in [-0.3, -0.25) is 14.0 Å². The van der Waals surface area contributed by atoms with Crippen LogP contribution in [0, 0.1) is 5.92 Å². The van der Waals surface area contributed by atoms with Gasteiger partial charge in [-0.15, -0.1) is 10.2 Å². The van der Waals surface area contributed by atoms with E-state index in [4.69, 9.17) is 4.74 Å². The van der Waals surface area contributed by atoms with Crippen molar-refractivity contribution in [3.05, 3.63) is 30.2 Å². The number of rotatable bonds is 6. The van der Waals surface area contributed by atoms with Crippen molar-refractivity contribution in [2.24, 2.45) is 5.92 Å². The van der Waals surface area contributed by atoms with Gasteiger partial charge in [-0.25, -0.2) is 0 Å². The Morgan fingerprint density at radius 2 is 2.28 bits per heavy atom. The molecule has 2 aromatic heterocycles. The monoisotopic (exact) mass is 362 g/mol. The molecule has 1 fully saturated rings. The summed E-state index contributed by atoms with van der Waals surface area (Å²) in [4.78, 5) is 24.4. The van der Waals surface area contributed by atoms with Crippen molar-refractivity contribution in [3.63, 3.8) is 0 Å². The first kappa shape index (κ1) is 17.7. The molecular formula is C17H22N4O3S. The van der Waals surface area contributed by atoms with Crippen molar-refractivity contribution in [2.75, 3.05) is 12.0 Å². The number of hydrogen-bond acceptors (Lipinski definition) is 6. The number of pyridine rings is 1. The first-order valence-corrected chi connectivity index (χ1v) is 9.62. The molecule has 8 heteroatoms. The van der Waals surface area contributed by atoms with Crippen LogP contribution in [-0.2, 0) is 14.3 Å². The molecule has 2 atom stereocenters. The van der Waals surface area contributed by atoms with Crippen molar-refractivity contribution >= 4 is 29.3 Å². The number of aromatic nitrogens is 3. The van der Waals surface area contributed by atoms with Gasteiger partial charge in [0.05, 0.1) is 18.4 Å². The van der Waals surface area contributed by atoms with E-state index in [1.807, 2.05) is 35.1 Å². The number of hydrogen-bond donors (Lipinski definition) is 1. The molecule has 134 valence electrons. The summed E-state index contributed by atoms with van der Waals surface area (Å²) >= 11 is 1.70. The summed E-state index contributed by atoms with van der Waals surface area (Å²) in [5.74, 6) is 0.543. The fourth-order valence-corrected chi connectivity index (χ4v) is 3.57. The minimum absolute atomic E-state index is 0.106. The molecule has 2 aromatic rings. The van der Waals surface area contributed by atoms with Gasteiger partial charge in [0, 0.05) is 6.20 Å². The van der Waals surface area contributed by atoms with Gasteiger partial charge in [-0.05, 0) is 44.4 Å². The number of carbonyl (C=O) groups is 2. The normalized spacial score (nSPS) is 20.4. The van der Waals surface area contributed by atoms with Gasteiger partial charge < -0.3 is 10.1 Å². The van der Waals surface area contributed by atoms with E-state index in [0.29, 0.717) is 5.82 Å². The third-order valence-electron chi connectivity index (χ3n) is 4.48. The molecule has 1 amide bonds. The largest absolute Gasteiger partial charge is 0.459 e. The second kappa shape index (κ2) is 7.03. The lowest BCUT2D eigenvalue weighted by Crippen LogP contribution is -2.42. The molecule has 7 nitrogen and oxygen atoms in total. The van der Waals surface area contributed by atoms with Crippen LogP contribution in [-0.4, -0.2) is 44.1 Å². The molecule has 1 aliphatic heterocycles. The van der Waals surface area contributed by atoms with Gasteiger partial charge in [0.25, 0.3) is 0 Å². The lowest BCUT2D eigenvalue weighted by Gasteiger charge is -2.26. The van der Waals surface area contributed by atoms with Crippen LogP contribution in [0.1, 0.15) is 38.6 Å². The highest BCUT2D eigenvalue weighted by Gasteiger charge is 2.46. The molecule has 25 heavy (non-hydrogen) atoms. The Balaban J connectivity index is 1.84. The summed E-state index contributed by atoms with van der Waals surface area (Å²) in [5, 5.41) is 11.5. The van der Waals surface area contributed by atoms with Gasteiger partial charge in [0.2, 0.25) is 5.91 Å². The highest BCUT2D eigenvalue weighted by atomic mass is 32.2. The molecule has 3 rings (SSSR count). The van der Waals surface area contributed by atoms with Crippen LogP contribution < -0.4 is 5.32 Å². The van der Waals surface area contributed by atoms with E-state index in [-0.39, 0.29) is 24.3 Å². The van der Waals surface area contributed by atoms with Gasteiger partial charge in [-0.1, -0.05) is 6.07 Å². The summed E-state index contributed by atoms with van der Waals surface area (Å²) in [6, 6.07) is 5.40. The van der Waals surface area contributed by atoms with Crippen LogP contribution in [0.25, 0.3) is 5.65 Å². The molecular weight excluding hydrogens is 340 g/mol. The third kappa shape index (κ3) is 3.63. The highest BCUT2D eigenvalue weighted by molar-refractivity contribution is 7.98.